The minimum Gasteiger partial charge on any atom is -0.353 e. The van der Waals surface area contributed by atoms with Gasteiger partial charge in [-0.25, -0.2) is 4.68 Å². The Morgan fingerprint density at radius 2 is 2.05 bits per heavy atom. The van der Waals surface area contributed by atoms with Crippen LogP contribution in [0.3, 0.4) is 0 Å². The van der Waals surface area contributed by atoms with Gasteiger partial charge >= 0.3 is 5.69 Å². The molecule has 0 saturated heterocycles. The fraction of sp³-hybridized carbons (Fsp3) is 0.692. The van der Waals surface area contributed by atoms with E-state index in [-0.39, 0.29) is 23.5 Å². The molecular formula is C13H23N5O3. The zero-order valence-corrected chi connectivity index (χ0v) is 13.4. The first-order valence-electron chi connectivity index (χ1n) is 6.95. The summed E-state index contributed by atoms with van der Waals surface area (Å²) >= 11 is 0. The summed E-state index contributed by atoms with van der Waals surface area (Å²) in [7, 11) is 1.69. The summed E-state index contributed by atoms with van der Waals surface area (Å²) in [6, 6.07) is -0.617. The number of hydrogen-bond donors (Lipinski definition) is 1. The highest BCUT2D eigenvalue weighted by Gasteiger charge is 2.29. The van der Waals surface area contributed by atoms with Gasteiger partial charge in [-0.1, -0.05) is 0 Å². The quantitative estimate of drug-likeness (QED) is 0.640. The van der Waals surface area contributed by atoms with Crippen LogP contribution in [0.25, 0.3) is 0 Å². The molecule has 0 aliphatic carbocycles. The Morgan fingerprint density at radius 1 is 1.48 bits per heavy atom. The molecule has 118 valence electrons. The van der Waals surface area contributed by atoms with Gasteiger partial charge in [0.1, 0.15) is 11.7 Å². The Kier molecular flexibility index (Phi) is 5.28. The molecule has 0 aliphatic rings. The van der Waals surface area contributed by atoms with Crippen LogP contribution in [0.15, 0.2) is 0 Å². The van der Waals surface area contributed by atoms with E-state index in [2.05, 4.69) is 10.4 Å². The summed E-state index contributed by atoms with van der Waals surface area (Å²) in [4.78, 5) is 24.4. The van der Waals surface area contributed by atoms with Crippen LogP contribution in [0.5, 0.6) is 0 Å². The SMILES string of the molecule is CCN(C)C(=O)C(C)Nc1c([N+](=O)[O-])c(C)nn1C(C)C. The van der Waals surface area contributed by atoms with Crippen molar-refractivity contribution in [2.75, 3.05) is 18.9 Å². The van der Waals surface area contributed by atoms with E-state index in [0.29, 0.717) is 12.2 Å². The third kappa shape index (κ3) is 3.50. The van der Waals surface area contributed by atoms with Crippen molar-refractivity contribution in [3.63, 3.8) is 0 Å². The van der Waals surface area contributed by atoms with E-state index >= 15 is 0 Å². The number of aromatic nitrogens is 2. The molecule has 0 radical (unpaired) electrons. The highest BCUT2D eigenvalue weighted by atomic mass is 16.6. The Bertz CT molecular complexity index is 538. The van der Waals surface area contributed by atoms with Gasteiger partial charge in [-0.3, -0.25) is 14.9 Å². The van der Waals surface area contributed by atoms with E-state index in [0.717, 1.165) is 0 Å². The highest BCUT2D eigenvalue weighted by molar-refractivity contribution is 5.84. The molecule has 1 N–H and O–H groups in total. The highest BCUT2D eigenvalue weighted by Crippen LogP contribution is 2.31. The van der Waals surface area contributed by atoms with Crippen molar-refractivity contribution in [1.82, 2.24) is 14.7 Å². The monoisotopic (exact) mass is 297 g/mol. The lowest BCUT2D eigenvalue weighted by atomic mass is 10.2. The molecule has 0 aliphatic heterocycles. The minimum absolute atomic E-state index is 0.0499. The predicted molar refractivity (Wildman–Crippen MR) is 80.4 cm³/mol. The lowest BCUT2D eigenvalue weighted by Crippen LogP contribution is -2.39. The molecule has 0 saturated carbocycles. The molecule has 8 nitrogen and oxygen atoms in total. The van der Waals surface area contributed by atoms with Gasteiger partial charge in [-0.15, -0.1) is 0 Å². The lowest BCUT2D eigenvalue weighted by Gasteiger charge is -2.22. The maximum absolute atomic E-state index is 12.1. The van der Waals surface area contributed by atoms with E-state index in [1.54, 1.807) is 30.5 Å². The number of rotatable bonds is 6. The van der Waals surface area contributed by atoms with Crippen molar-refractivity contribution in [3.05, 3.63) is 15.8 Å². The number of carbonyl (C=O) groups excluding carboxylic acids is 1. The Balaban J connectivity index is 3.17. The van der Waals surface area contributed by atoms with Gasteiger partial charge in [0.2, 0.25) is 11.7 Å². The fourth-order valence-corrected chi connectivity index (χ4v) is 2.02. The summed E-state index contributed by atoms with van der Waals surface area (Å²) < 4.78 is 1.54. The van der Waals surface area contributed by atoms with Crippen molar-refractivity contribution in [1.29, 1.82) is 0 Å². The first-order valence-corrected chi connectivity index (χ1v) is 6.95. The average Bonchev–Trinajstić information content (AvgIpc) is 2.73. The summed E-state index contributed by atoms with van der Waals surface area (Å²) in [6.45, 7) is 9.49. The van der Waals surface area contributed by atoms with Crippen LogP contribution in [-0.4, -0.2) is 45.1 Å². The Morgan fingerprint density at radius 3 is 2.48 bits per heavy atom. The van der Waals surface area contributed by atoms with Crippen LogP contribution in [0, 0.1) is 17.0 Å². The fourth-order valence-electron chi connectivity index (χ4n) is 2.02. The van der Waals surface area contributed by atoms with Crippen LogP contribution in [0.2, 0.25) is 0 Å². The molecule has 1 rings (SSSR count). The Hall–Kier alpha value is -2.12. The standard InChI is InChI=1S/C13H23N5O3/c1-7-16(6)13(19)10(5)14-12-11(18(20)21)9(4)15-17(12)8(2)3/h8,10,14H,7H2,1-6H3. The largest absolute Gasteiger partial charge is 0.353 e. The van der Waals surface area contributed by atoms with Gasteiger partial charge in [0, 0.05) is 19.6 Å². The second kappa shape index (κ2) is 6.55. The normalized spacial score (nSPS) is 12.3. The number of nitro groups is 1. The smallest absolute Gasteiger partial charge is 0.333 e. The molecule has 0 fully saturated rings. The second-order valence-corrected chi connectivity index (χ2v) is 5.30. The van der Waals surface area contributed by atoms with Crippen LogP contribution in [-0.2, 0) is 4.79 Å². The summed E-state index contributed by atoms with van der Waals surface area (Å²) in [5.74, 6) is 0.152. The number of aryl methyl sites for hydroxylation is 1. The van der Waals surface area contributed by atoms with Gasteiger partial charge in [0.25, 0.3) is 0 Å². The van der Waals surface area contributed by atoms with E-state index in [9.17, 15) is 14.9 Å². The third-order valence-corrected chi connectivity index (χ3v) is 3.30. The third-order valence-electron chi connectivity index (χ3n) is 3.30. The van der Waals surface area contributed by atoms with Gasteiger partial charge in [-0.05, 0) is 34.6 Å². The molecule has 0 aromatic carbocycles. The van der Waals surface area contributed by atoms with Crippen molar-refractivity contribution in [2.24, 2.45) is 0 Å². The van der Waals surface area contributed by atoms with E-state index in [1.165, 1.54) is 0 Å². The van der Waals surface area contributed by atoms with Crippen LogP contribution in [0.4, 0.5) is 11.5 Å². The molecule has 1 unspecified atom stereocenters. The zero-order chi connectivity index (χ0) is 16.3. The van der Waals surface area contributed by atoms with Gasteiger partial charge in [0.05, 0.1) is 4.92 Å². The summed E-state index contributed by atoms with van der Waals surface area (Å²) in [6.07, 6.45) is 0. The molecule has 1 aromatic heterocycles. The van der Waals surface area contributed by atoms with Crippen molar-refractivity contribution in [3.8, 4) is 0 Å². The van der Waals surface area contributed by atoms with Gasteiger partial charge in [-0.2, -0.15) is 5.10 Å². The zero-order valence-electron chi connectivity index (χ0n) is 13.4. The topological polar surface area (TPSA) is 93.3 Å². The minimum atomic E-state index is -0.567. The second-order valence-electron chi connectivity index (χ2n) is 5.30. The van der Waals surface area contributed by atoms with Crippen molar-refractivity contribution < 1.29 is 9.72 Å². The number of likely N-dealkylation sites (N-methyl/N-ethyl adjacent to an activating group) is 1. The van der Waals surface area contributed by atoms with E-state index in [4.69, 9.17) is 0 Å². The van der Waals surface area contributed by atoms with Crippen LogP contribution >= 0.6 is 0 Å². The maximum atomic E-state index is 12.1. The number of carbonyl (C=O) groups is 1. The van der Waals surface area contributed by atoms with Gasteiger partial charge < -0.3 is 10.2 Å². The molecule has 8 heteroatoms. The molecule has 21 heavy (non-hydrogen) atoms. The van der Waals surface area contributed by atoms with Crippen LogP contribution < -0.4 is 5.32 Å². The summed E-state index contributed by atoms with van der Waals surface area (Å²) in [5, 5.41) is 18.4. The number of amides is 1. The molecule has 1 atom stereocenters. The van der Waals surface area contributed by atoms with Gasteiger partial charge in [0.15, 0.2) is 0 Å². The van der Waals surface area contributed by atoms with E-state index < -0.39 is 11.0 Å². The van der Waals surface area contributed by atoms with Crippen molar-refractivity contribution >= 4 is 17.4 Å². The molecule has 0 spiro atoms. The summed E-state index contributed by atoms with van der Waals surface area (Å²) in [5.41, 5.74) is 0.252. The van der Waals surface area contributed by atoms with E-state index in [1.807, 2.05) is 20.8 Å². The lowest BCUT2D eigenvalue weighted by molar-refractivity contribution is -0.384. The first-order chi connectivity index (χ1) is 9.70. The number of hydrogen-bond acceptors (Lipinski definition) is 5. The molecule has 0 bridgehead atoms. The molecular weight excluding hydrogens is 274 g/mol. The average molecular weight is 297 g/mol. The Labute approximate surface area is 124 Å². The number of anilines is 1. The molecule has 1 amide bonds. The predicted octanol–water partition coefficient (Wildman–Crippen LogP) is 1.96. The van der Waals surface area contributed by atoms with Crippen LogP contribution in [0.1, 0.15) is 39.4 Å². The first kappa shape index (κ1) is 16.9. The maximum Gasteiger partial charge on any atom is 0.333 e. The molecule has 1 aromatic rings. The molecule has 1 heterocycles. The number of nitrogens with zero attached hydrogens (tertiary/aromatic N) is 4. The number of nitrogens with one attached hydrogen (secondary N) is 1. The van der Waals surface area contributed by atoms with Crippen molar-refractivity contribution in [2.45, 2.75) is 46.7 Å².